The van der Waals surface area contributed by atoms with Gasteiger partial charge in [-0.3, -0.25) is 19.5 Å². The first-order valence-electron chi connectivity index (χ1n) is 9.96. The summed E-state index contributed by atoms with van der Waals surface area (Å²) in [7, 11) is 0. The van der Waals surface area contributed by atoms with Crippen molar-refractivity contribution >= 4 is 5.91 Å². The summed E-state index contributed by atoms with van der Waals surface area (Å²) in [5.74, 6) is 0.520. The number of hydrogen-bond donors (Lipinski definition) is 0. The summed E-state index contributed by atoms with van der Waals surface area (Å²) in [6.07, 6.45) is 3.43. The van der Waals surface area contributed by atoms with Gasteiger partial charge in [0.25, 0.3) is 11.5 Å². The zero-order chi connectivity index (χ0) is 21.1. The Morgan fingerprint density at radius 2 is 1.90 bits per heavy atom. The third kappa shape index (κ3) is 4.16. The molecule has 0 bridgehead atoms. The summed E-state index contributed by atoms with van der Waals surface area (Å²) in [5.41, 5.74) is 2.65. The van der Waals surface area contributed by atoms with Crippen LogP contribution in [0.25, 0.3) is 11.3 Å². The second-order valence-corrected chi connectivity index (χ2v) is 7.35. The fraction of sp³-hybridized carbons (Fsp3) is 0.381. The van der Waals surface area contributed by atoms with E-state index in [0.29, 0.717) is 43.2 Å². The maximum Gasteiger partial charge on any atom is 0.266 e. The highest BCUT2D eigenvalue weighted by atomic mass is 16.5. The number of hydrogen-bond acceptors (Lipinski definition) is 7. The lowest BCUT2D eigenvalue weighted by atomic mass is 10.1. The van der Waals surface area contributed by atoms with E-state index in [1.165, 1.54) is 10.7 Å². The second kappa shape index (κ2) is 8.58. The monoisotopic (exact) mass is 408 g/mol. The SMILES string of the molecule is Cc1noc(C)c1C(=O)N1CCN(CCn2nc(-c3cccnc3)ccc2=O)CC1. The summed E-state index contributed by atoms with van der Waals surface area (Å²) in [4.78, 5) is 33.1. The van der Waals surface area contributed by atoms with E-state index in [-0.39, 0.29) is 11.5 Å². The van der Waals surface area contributed by atoms with E-state index in [9.17, 15) is 9.59 Å². The summed E-state index contributed by atoms with van der Waals surface area (Å²) in [6.45, 7) is 7.46. The molecular weight excluding hydrogens is 384 g/mol. The average Bonchev–Trinajstić information content (AvgIpc) is 3.11. The van der Waals surface area contributed by atoms with Gasteiger partial charge in [-0.05, 0) is 32.0 Å². The predicted octanol–water partition coefficient (Wildman–Crippen LogP) is 1.37. The molecule has 1 aliphatic rings. The molecule has 9 heteroatoms. The number of piperazine rings is 1. The number of aromatic nitrogens is 4. The number of carbonyl (C=O) groups excluding carboxylic acids is 1. The standard InChI is InChI=1S/C21H24N6O3/c1-15-20(16(2)30-24-15)21(29)26-11-8-25(9-12-26)10-13-27-19(28)6-5-18(23-27)17-4-3-7-22-14-17/h3-7,14H,8-13H2,1-2H3. The van der Waals surface area contributed by atoms with Crippen LogP contribution in [0.5, 0.6) is 0 Å². The molecule has 4 heterocycles. The fourth-order valence-electron chi connectivity index (χ4n) is 3.63. The number of carbonyl (C=O) groups is 1. The topological polar surface area (TPSA) is 97.4 Å². The van der Waals surface area contributed by atoms with Crippen molar-refractivity contribution in [3.8, 4) is 11.3 Å². The van der Waals surface area contributed by atoms with Gasteiger partial charge in [0, 0.05) is 56.7 Å². The van der Waals surface area contributed by atoms with Crippen molar-refractivity contribution < 1.29 is 9.32 Å². The van der Waals surface area contributed by atoms with E-state index in [4.69, 9.17) is 4.52 Å². The molecule has 3 aromatic rings. The summed E-state index contributed by atoms with van der Waals surface area (Å²) in [5, 5.41) is 8.35. The van der Waals surface area contributed by atoms with Crippen LogP contribution in [-0.2, 0) is 6.54 Å². The maximum atomic E-state index is 12.8. The minimum atomic E-state index is -0.130. The second-order valence-electron chi connectivity index (χ2n) is 7.35. The van der Waals surface area contributed by atoms with Gasteiger partial charge in [0.05, 0.1) is 17.9 Å². The Morgan fingerprint density at radius 1 is 1.10 bits per heavy atom. The van der Waals surface area contributed by atoms with Crippen molar-refractivity contribution in [2.45, 2.75) is 20.4 Å². The number of pyridine rings is 1. The first-order chi connectivity index (χ1) is 14.5. The van der Waals surface area contributed by atoms with Gasteiger partial charge >= 0.3 is 0 Å². The first kappa shape index (κ1) is 20.0. The molecule has 0 saturated carbocycles. The van der Waals surface area contributed by atoms with Gasteiger partial charge in [-0.25, -0.2) is 4.68 Å². The Balaban J connectivity index is 1.35. The normalized spacial score (nSPS) is 14.8. The maximum absolute atomic E-state index is 12.8. The van der Waals surface area contributed by atoms with Crippen LogP contribution < -0.4 is 5.56 Å². The van der Waals surface area contributed by atoms with Gasteiger partial charge in [0.1, 0.15) is 11.3 Å². The average molecular weight is 408 g/mol. The Hall–Kier alpha value is -3.33. The van der Waals surface area contributed by atoms with E-state index in [1.807, 2.05) is 17.0 Å². The van der Waals surface area contributed by atoms with Gasteiger partial charge in [-0.2, -0.15) is 5.10 Å². The molecule has 1 fully saturated rings. The highest BCUT2D eigenvalue weighted by molar-refractivity contribution is 5.96. The quantitative estimate of drug-likeness (QED) is 0.629. The lowest BCUT2D eigenvalue weighted by molar-refractivity contribution is 0.0629. The Bertz CT molecular complexity index is 1060. The molecule has 0 aromatic carbocycles. The molecule has 156 valence electrons. The molecule has 3 aromatic heterocycles. The molecule has 0 aliphatic carbocycles. The van der Waals surface area contributed by atoms with E-state index >= 15 is 0 Å². The molecule has 30 heavy (non-hydrogen) atoms. The van der Waals surface area contributed by atoms with Crippen molar-refractivity contribution in [1.82, 2.24) is 29.7 Å². The molecule has 1 saturated heterocycles. The zero-order valence-electron chi connectivity index (χ0n) is 17.1. The molecule has 0 radical (unpaired) electrons. The highest BCUT2D eigenvalue weighted by Gasteiger charge is 2.26. The van der Waals surface area contributed by atoms with Crippen LogP contribution in [0.1, 0.15) is 21.8 Å². The van der Waals surface area contributed by atoms with E-state index in [0.717, 1.165) is 24.3 Å². The Labute approximate surface area is 173 Å². The largest absolute Gasteiger partial charge is 0.361 e. The number of nitrogens with zero attached hydrogens (tertiary/aromatic N) is 6. The minimum Gasteiger partial charge on any atom is -0.361 e. The molecule has 0 unspecified atom stereocenters. The van der Waals surface area contributed by atoms with Crippen LogP contribution in [0.4, 0.5) is 0 Å². The van der Waals surface area contributed by atoms with Gasteiger partial charge in [-0.15, -0.1) is 0 Å². The van der Waals surface area contributed by atoms with Crippen molar-refractivity contribution in [3.05, 3.63) is 64.0 Å². The molecule has 1 aliphatic heterocycles. The summed E-state index contributed by atoms with van der Waals surface area (Å²) >= 11 is 0. The number of rotatable bonds is 5. The van der Waals surface area contributed by atoms with Crippen molar-refractivity contribution in [3.63, 3.8) is 0 Å². The Morgan fingerprint density at radius 3 is 2.57 bits per heavy atom. The minimum absolute atomic E-state index is 0.0343. The number of amides is 1. The van der Waals surface area contributed by atoms with Crippen molar-refractivity contribution in [1.29, 1.82) is 0 Å². The highest BCUT2D eigenvalue weighted by Crippen LogP contribution is 2.16. The van der Waals surface area contributed by atoms with Gasteiger partial charge < -0.3 is 9.42 Å². The van der Waals surface area contributed by atoms with Crippen LogP contribution in [0.3, 0.4) is 0 Å². The molecule has 9 nitrogen and oxygen atoms in total. The molecule has 0 atom stereocenters. The van der Waals surface area contributed by atoms with Gasteiger partial charge in [-0.1, -0.05) is 5.16 Å². The molecule has 1 amide bonds. The molecule has 0 N–H and O–H groups in total. The van der Waals surface area contributed by atoms with Crippen LogP contribution >= 0.6 is 0 Å². The molecule has 4 rings (SSSR count). The third-order valence-electron chi connectivity index (χ3n) is 5.36. The fourth-order valence-corrected chi connectivity index (χ4v) is 3.63. The van der Waals surface area contributed by atoms with E-state index < -0.39 is 0 Å². The first-order valence-corrected chi connectivity index (χ1v) is 9.96. The van der Waals surface area contributed by atoms with Crippen LogP contribution in [-0.4, -0.2) is 68.4 Å². The predicted molar refractivity (Wildman–Crippen MR) is 110 cm³/mol. The van der Waals surface area contributed by atoms with Crippen molar-refractivity contribution in [2.75, 3.05) is 32.7 Å². The van der Waals surface area contributed by atoms with Crippen LogP contribution in [0.2, 0.25) is 0 Å². The van der Waals surface area contributed by atoms with Crippen LogP contribution in [0.15, 0.2) is 46.0 Å². The lowest BCUT2D eigenvalue weighted by Crippen LogP contribution is -2.49. The Kier molecular flexibility index (Phi) is 5.71. The van der Waals surface area contributed by atoms with E-state index in [2.05, 4.69) is 20.1 Å². The van der Waals surface area contributed by atoms with E-state index in [1.54, 1.807) is 32.3 Å². The van der Waals surface area contributed by atoms with Crippen molar-refractivity contribution in [2.24, 2.45) is 0 Å². The summed E-state index contributed by atoms with van der Waals surface area (Å²) < 4.78 is 6.61. The van der Waals surface area contributed by atoms with Gasteiger partial charge in [0.2, 0.25) is 0 Å². The lowest BCUT2D eigenvalue weighted by Gasteiger charge is -2.34. The zero-order valence-corrected chi connectivity index (χ0v) is 17.1. The molecule has 0 spiro atoms. The smallest absolute Gasteiger partial charge is 0.266 e. The number of aryl methyl sites for hydroxylation is 2. The van der Waals surface area contributed by atoms with Crippen LogP contribution in [0, 0.1) is 13.8 Å². The summed E-state index contributed by atoms with van der Waals surface area (Å²) in [6, 6.07) is 7.01. The third-order valence-corrected chi connectivity index (χ3v) is 5.36. The van der Waals surface area contributed by atoms with Gasteiger partial charge in [0.15, 0.2) is 0 Å². The molecular formula is C21H24N6O3.